The summed E-state index contributed by atoms with van der Waals surface area (Å²) in [5.74, 6) is 0.166. The fourth-order valence-corrected chi connectivity index (χ4v) is 2.55. The van der Waals surface area contributed by atoms with Crippen molar-refractivity contribution in [2.45, 2.75) is 25.9 Å². The highest BCUT2D eigenvalue weighted by molar-refractivity contribution is 5.67. The zero-order valence-electron chi connectivity index (χ0n) is 15.8. The maximum Gasteiger partial charge on any atom is 0.421 e. The van der Waals surface area contributed by atoms with Crippen molar-refractivity contribution >= 4 is 23.1 Å². The molecule has 0 amide bonds. The highest BCUT2D eigenvalue weighted by Gasteiger charge is 2.35. The lowest BCUT2D eigenvalue weighted by Crippen LogP contribution is -2.13. The molecular weight excluding hydrogens is 381 g/mol. The molecule has 3 rings (SSSR count). The first kappa shape index (κ1) is 20.4. The van der Waals surface area contributed by atoms with Crippen molar-refractivity contribution in [2.75, 3.05) is 17.2 Å². The van der Waals surface area contributed by atoms with Gasteiger partial charge >= 0.3 is 6.18 Å². The Bertz CT molecular complexity index is 933. The zero-order chi connectivity index (χ0) is 20.7. The number of alkyl halides is 3. The monoisotopic (exact) mass is 402 g/mol. The number of para-hydroxylation sites is 3. The van der Waals surface area contributed by atoms with Crippen molar-refractivity contribution in [1.29, 1.82) is 0 Å². The predicted octanol–water partition coefficient (Wildman–Crippen LogP) is 6.16. The quantitative estimate of drug-likeness (QED) is 0.442. The summed E-state index contributed by atoms with van der Waals surface area (Å²) < 4.78 is 46.2. The summed E-state index contributed by atoms with van der Waals surface area (Å²) in [5.41, 5.74) is 0.111. The molecule has 0 aliphatic rings. The summed E-state index contributed by atoms with van der Waals surface area (Å²) in [6, 6.07) is 15.8. The third-order valence-corrected chi connectivity index (χ3v) is 4.02. The van der Waals surface area contributed by atoms with Gasteiger partial charge in [0, 0.05) is 11.9 Å². The molecule has 0 spiro atoms. The number of anilines is 4. The van der Waals surface area contributed by atoms with Crippen LogP contribution < -0.4 is 15.4 Å². The summed E-state index contributed by atoms with van der Waals surface area (Å²) in [4.78, 5) is 7.87. The maximum absolute atomic E-state index is 13.5. The second-order valence-electron chi connectivity index (χ2n) is 6.27. The van der Waals surface area contributed by atoms with E-state index < -0.39 is 11.7 Å². The van der Waals surface area contributed by atoms with Crippen LogP contribution in [-0.2, 0) is 6.18 Å². The number of hydrogen-bond donors (Lipinski definition) is 2. The standard InChI is InChI=1S/C21H21F3N4O/c1-2-3-13-29-18-12-8-7-11-17(18)27-19-16(21(22,23)24)14-25-20(28-19)26-15-9-5-4-6-10-15/h4-12,14H,2-3,13H2,1H3,(H2,25,26,27,28). The number of aromatic nitrogens is 2. The van der Waals surface area contributed by atoms with Crippen molar-refractivity contribution in [3.8, 4) is 5.75 Å². The van der Waals surface area contributed by atoms with Gasteiger partial charge in [-0.15, -0.1) is 0 Å². The third kappa shape index (κ3) is 5.60. The highest BCUT2D eigenvalue weighted by Crippen LogP contribution is 2.37. The van der Waals surface area contributed by atoms with Crippen molar-refractivity contribution in [1.82, 2.24) is 9.97 Å². The molecule has 0 aliphatic heterocycles. The molecule has 1 aromatic heterocycles. The molecule has 2 aromatic carbocycles. The topological polar surface area (TPSA) is 59.1 Å². The molecule has 5 nitrogen and oxygen atoms in total. The largest absolute Gasteiger partial charge is 0.491 e. The van der Waals surface area contributed by atoms with Gasteiger partial charge in [0.1, 0.15) is 17.1 Å². The Kier molecular flexibility index (Phi) is 6.54. The Morgan fingerprint density at radius 3 is 2.41 bits per heavy atom. The van der Waals surface area contributed by atoms with Gasteiger partial charge < -0.3 is 15.4 Å². The van der Waals surface area contributed by atoms with Crippen LogP contribution in [0.5, 0.6) is 5.75 Å². The van der Waals surface area contributed by atoms with Crippen molar-refractivity contribution < 1.29 is 17.9 Å². The third-order valence-electron chi connectivity index (χ3n) is 4.02. The summed E-state index contributed by atoms with van der Waals surface area (Å²) in [6.07, 6.45) is -2.04. The normalized spacial score (nSPS) is 11.2. The molecule has 0 bridgehead atoms. The molecule has 0 radical (unpaired) electrons. The van der Waals surface area contributed by atoms with Gasteiger partial charge in [0.05, 0.1) is 12.3 Å². The lowest BCUT2D eigenvalue weighted by Gasteiger charge is -2.17. The molecule has 29 heavy (non-hydrogen) atoms. The minimum Gasteiger partial charge on any atom is -0.491 e. The van der Waals surface area contributed by atoms with Crippen LogP contribution in [-0.4, -0.2) is 16.6 Å². The molecule has 0 fully saturated rings. The van der Waals surface area contributed by atoms with Crippen molar-refractivity contribution in [3.05, 3.63) is 66.4 Å². The van der Waals surface area contributed by atoms with Crippen LogP contribution in [0.1, 0.15) is 25.3 Å². The number of ether oxygens (including phenoxy) is 1. The van der Waals surface area contributed by atoms with E-state index in [9.17, 15) is 13.2 Å². The lowest BCUT2D eigenvalue weighted by molar-refractivity contribution is -0.137. The van der Waals surface area contributed by atoms with E-state index in [0.29, 0.717) is 23.7 Å². The summed E-state index contributed by atoms with van der Waals surface area (Å²) in [5, 5.41) is 5.67. The van der Waals surface area contributed by atoms with E-state index in [1.807, 2.05) is 13.0 Å². The Labute approximate surface area is 167 Å². The van der Waals surface area contributed by atoms with Crippen LogP contribution in [0.2, 0.25) is 0 Å². The summed E-state index contributed by atoms with van der Waals surface area (Å²) in [6.45, 7) is 2.51. The Balaban J connectivity index is 1.91. The molecule has 0 aliphatic carbocycles. The van der Waals surface area contributed by atoms with Gasteiger partial charge in [0.25, 0.3) is 0 Å². The van der Waals surface area contributed by atoms with E-state index >= 15 is 0 Å². The Morgan fingerprint density at radius 1 is 0.966 bits per heavy atom. The van der Waals surface area contributed by atoms with Crippen LogP contribution in [0, 0.1) is 0 Å². The van der Waals surface area contributed by atoms with E-state index in [2.05, 4.69) is 20.6 Å². The first-order valence-electron chi connectivity index (χ1n) is 9.22. The molecular formula is C21H21F3N4O. The Morgan fingerprint density at radius 2 is 1.69 bits per heavy atom. The first-order valence-corrected chi connectivity index (χ1v) is 9.22. The molecule has 1 heterocycles. The van der Waals surface area contributed by atoms with Gasteiger partial charge in [0.2, 0.25) is 5.95 Å². The van der Waals surface area contributed by atoms with E-state index in [-0.39, 0.29) is 11.8 Å². The predicted molar refractivity (Wildman–Crippen MR) is 107 cm³/mol. The number of nitrogens with one attached hydrogen (secondary N) is 2. The van der Waals surface area contributed by atoms with E-state index in [1.165, 1.54) is 0 Å². The number of rotatable bonds is 8. The number of benzene rings is 2. The van der Waals surface area contributed by atoms with Gasteiger partial charge in [-0.2, -0.15) is 18.2 Å². The van der Waals surface area contributed by atoms with E-state index in [1.54, 1.807) is 48.5 Å². The maximum atomic E-state index is 13.5. The number of nitrogens with zero attached hydrogens (tertiary/aromatic N) is 2. The van der Waals surface area contributed by atoms with Crippen LogP contribution >= 0.6 is 0 Å². The molecule has 152 valence electrons. The van der Waals surface area contributed by atoms with Gasteiger partial charge in [-0.05, 0) is 30.7 Å². The molecule has 0 saturated carbocycles. The smallest absolute Gasteiger partial charge is 0.421 e. The Hall–Kier alpha value is -3.29. The van der Waals surface area contributed by atoms with Crippen LogP contribution in [0.25, 0.3) is 0 Å². The van der Waals surface area contributed by atoms with Gasteiger partial charge in [-0.3, -0.25) is 0 Å². The lowest BCUT2D eigenvalue weighted by atomic mass is 10.2. The molecule has 0 saturated heterocycles. The minimum absolute atomic E-state index is 0.0519. The van der Waals surface area contributed by atoms with Gasteiger partial charge in [-0.1, -0.05) is 43.7 Å². The summed E-state index contributed by atoms with van der Waals surface area (Å²) in [7, 11) is 0. The van der Waals surface area contributed by atoms with Crippen molar-refractivity contribution in [2.24, 2.45) is 0 Å². The fourth-order valence-electron chi connectivity index (χ4n) is 2.55. The summed E-state index contributed by atoms with van der Waals surface area (Å²) >= 11 is 0. The van der Waals surface area contributed by atoms with Crippen LogP contribution in [0.4, 0.5) is 36.3 Å². The molecule has 2 N–H and O–H groups in total. The van der Waals surface area contributed by atoms with Gasteiger partial charge in [-0.25, -0.2) is 4.98 Å². The molecule has 0 unspecified atom stereocenters. The number of unbranched alkanes of at least 4 members (excludes halogenated alkanes) is 1. The average Bonchev–Trinajstić information content (AvgIpc) is 2.69. The highest BCUT2D eigenvalue weighted by atomic mass is 19.4. The average molecular weight is 402 g/mol. The number of halogens is 3. The van der Waals surface area contributed by atoms with Crippen molar-refractivity contribution in [3.63, 3.8) is 0 Å². The zero-order valence-corrected chi connectivity index (χ0v) is 15.8. The minimum atomic E-state index is -4.61. The van der Waals surface area contributed by atoms with Crippen LogP contribution in [0.3, 0.4) is 0 Å². The SMILES string of the molecule is CCCCOc1ccccc1Nc1nc(Nc2ccccc2)ncc1C(F)(F)F. The van der Waals surface area contributed by atoms with Gasteiger partial charge in [0.15, 0.2) is 0 Å². The first-order chi connectivity index (χ1) is 14.0. The van der Waals surface area contributed by atoms with E-state index in [0.717, 1.165) is 19.0 Å². The number of hydrogen-bond acceptors (Lipinski definition) is 5. The fraction of sp³-hybridized carbons (Fsp3) is 0.238. The second-order valence-corrected chi connectivity index (χ2v) is 6.27. The molecule has 3 aromatic rings. The van der Waals surface area contributed by atoms with E-state index in [4.69, 9.17) is 4.74 Å². The van der Waals surface area contributed by atoms with Crippen LogP contribution in [0.15, 0.2) is 60.8 Å². The second kappa shape index (κ2) is 9.27. The molecule has 0 atom stereocenters. The molecule has 8 heteroatoms.